The van der Waals surface area contributed by atoms with Crippen LogP contribution < -0.4 is 10.9 Å². The molecule has 2 N–H and O–H groups in total. The third-order valence-electron chi connectivity index (χ3n) is 3.13. The monoisotopic (exact) mass is 285 g/mol. The number of amides is 1. The van der Waals surface area contributed by atoms with Crippen LogP contribution in [0.2, 0.25) is 0 Å². The van der Waals surface area contributed by atoms with E-state index < -0.39 is 11.7 Å². The van der Waals surface area contributed by atoms with Crippen LogP contribution in [0.3, 0.4) is 0 Å². The van der Waals surface area contributed by atoms with Crippen molar-refractivity contribution in [3.63, 3.8) is 0 Å². The second-order valence-electron chi connectivity index (χ2n) is 4.45. The van der Waals surface area contributed by atoms with Crippen LogP contribution in [0.25, 0.3) is 21.7 Å². The quantitative estimate of drug-likeness (QED) is 0.530. The van der Waals surface area contributed by atoms with Gasteiger partial charge in [0.2, 0.25) is 0 Å². The van der Waals surface area contributed by atoms with E-state index in [-0.39, 0.29) is 5.75 Å². The second-order valence-corrected chi connectivity index (χ2v) is 4.45. The minimum Gasteiger partial charge on any atom is -0.508 e. The Morgan fingerprint density at radius 3 is 2.67 bits per heavy atom. The molecule has 0 unspecified atom stereocenters. The lowest BCUT2D eigenvalue weighted by atomic mass is 10.1. The van der Waals surface area contributed by atoms with Crippen molar-refractivity contribution in [1.29, 1.82) is 0 Å². The highest BCUT2D eigenvalue weighted by Crippen LogP contribution is 2.27. The molecule has 2 aromatic carbocycles. The van der Waals surface area contributed by atoms with Gasteiger partial charge in [-0.25, -0.2) is 9.59 Å². The molecule has 0 radical (unpaired) electrons. The smallest absolute Gasteiger partial charge is 0.411 e. The number of aromatic hydroxyl groups is 1. The van der Waals surface area contributed by atoms with E-state index in [1.165, 1.54) is 19.2 Å². The molecule has 0 saturated carbocycles. The molecular weight excluding hydrogens is 274 g/mol. The third kappa shape index (κ3) is 2.27. The predicted octanol–water partition coefficient (Wildman–Crippen LogP) is 2.83. The Morgan fingerprint density at radius 1 is 1.14 bits per heavy atom. The third-order valence-corrected chi connectivity index (χ3v) is 3.13. The highest BCUT2D eigenvalue weighted by Gasteiger charge is 2.09. The summed E-state index contributed by atoms with van der Waals surface area (Å²) in [6, 6.07) is 9.45. The van der Waals surface area contributed by atoms with Crippen molar-refractivity contribution in [3.05, 3.63) is 46.8 Å². The first-order valence-corrected chi connectivity index (χ1v) is 6.13. The Balaban J connectivity index is 2.24. The molecule has 21 heavy (non-hydrogen) atoms. The van der Waals surface area contributed by atoms with Gasteiger partial charge in [0.1, 0.15) is 11.3 Å². The highest BCUT2D eigenvalue weighted by atomic mass is 16.5. The molecule has 3 rings (SSSR count). The van der Waals surface area contributed by atoms with Crippen molar-refractivity contribution in [1.82, 2.24) is 0 Å². The number of phenols is 1. The highest BCUT2D eigenvalue weighted by molar-refractivity contribution is 6.05. The number of anilines is 1. The van der Waals surface area contributed by atoms with Gasteiger partial charge >= 0.3 is 11.7 Å². The predicted molar refractivity (Wildman–Crippen MR) is 77.7 cm³/mol. The van der Waals surface area contributed by atoms with Crippen LogP contribution in [0.4, 0.5) is 10.5 Å². The number of carbonyl (C=O) groups excluding carboxylic acids is 1. The Bertz CT molecular complexity index is 913. The van der Waals surface area contributed by atoms with Crippen LogP contribution in [0.15, 0.2) is 45.6 Å². The zero-order valence-corrected chi connectivity index (χ0v) is 11.0. The number of phenolic OH excluding ortho intramolecular Hbond substituents is 1. The van der Waals surface area contributed by atoms with Crippen molar-refractivity contribution < 1.29 is 19.1 Å². The van der Waals surface area contributed by atoms with E-state index in [4.69, 9.17) is 4.42 Å². The molecule has 0 aliphatic heterocycles. The van der Waals surface area contributed by atoms with Crippen LogP contribution in [-0.2, 0) is 4.74 Å². The van der Waals surface area contributed by atoms with E-state index in [9.17, 15) is 14.7 Å². The van der Waals surface area contributed by atoms with Gasteiger partial charge in [-0.3, -0.25) is 5.32 Å². The van der Waals surface area contributed by atoms with Gasteiger partial charge in [0.05, 0.1) is 12.5 Å². The minimum absolute atomic E-state index is 0.00173. The first kappa shape index (κ1) is 13.0. The largest absolute Gasteiger partial charge is 0.508 e. The molecule has 0 bridgehead atoms. The van der Waals surface area contributed by atoms with Crippen LogP contribution in [0, 0.1) is 0 Å². The first-order valence-electron chi connectivity index (χ1n) is 6.13. The molecule has 0 saturated heterocycles. The number of ether oxygens (including phenoxy) is 1. The fraction of sp³-hybridized carbons (Fsp3) is 0.0667. The summed E-state index contributed by atoms with van der Waals surface area (Å²) in [4.78, 5) is 23.1. The lowest BCUT2D eigenvalue weighted by Crippen LogP contribution is -2.10. The van der Waals surface area contributed by atoms with Gasteiger partial charge in [-0.05, 0) is 30.3 Å². The minimum atomic E-state index is -0.609. The van der Waals surface area contributed by atoms with Gasteiger partial charge in [-0.1, -0.05) is 0 Å². The zero-order valence-electron chi connectivity index (χ0n) is 11.0. The molecule has 0 aliphatic carbocycles. The molecule has 0 atom stereocenters. The van der Waals surface area contributed by atoms with E-state index in [0.29, 0.717) is 27.4 Å². The number of hydrogen-bond acceptors (Lipinski definition) is 5. The van der Waals surface area contributed by atoms with E-state index in [1.807, 2.05) is 0 Å². The summed E-state index contributed by atoms with van der Waals surface area (Å²) in [7, 11) is 1.26. The molecule has 6 nitrogen and oxygen atoms in total. The van der Waals surface area contributed by atoms with Crippen LogP contribution >= 0.6 is 0 Å². The number of nitrogens with one attached hydrogen (secondary N) is 1. The molecule has 0 spiro atoms. The van der Waals surface area contributed by atoms with Gasteiger partial charge in [-0.2, -0.15) is 0 Å². The SMILES string of the molecule is COC(=O)Nc1ccc2c(c1)oc(=O)c1cc(O)ccc12. The summed E-state index contributed by atoms with van der Waals surface area (Å²) in [6.07, 6.45) is -0.609. The Hall–Kier alpha value is -3.02. The van der Waals surface area contributed by atoms with E-state index in [2.05, 4.69) is 10.1 Å². The Morgan fingerprint density at radius 2 is 1.90 bits per heavy atom. The van der Waals surface area contributed by atoms with E-state index in [1.54, 1.807) is 24.3 Å². The number of benzene rings is 2. The average molecular weight is 285 g/mol. The van der Waals surface area contributed by atoms with Gasteiger partial charge in [0.15, 0.2) is 0 Å². The summed E-state index contributed by atoms with van der Waals surface area (Å²) >= 11 is 0. The maximum Gasteiger partial charge on any atom is 0.411 e. The molecular formula is C15H11NO5. The van der Waals surface area contributed by atoms with E-state index in [0.717, 1.165) is 0 Å². The van der Waals surface area contributed by atoms with Gasteiger partial charge in [0, 0.05) is 22.5 Å². The molecule has 1 heterocycles. The van der Waals surface area contributed by atoms with E-state index >= 15 is 0 Å². The fourth-order valence-corrected chi connectivity index (χ4v) is 2.17. The van der Waals surface area contributed by atoms with Crippen LogP contribution in [0.1, 0.15) is 0 Å². The van der Waals surface area contributed by atoms with Crippen LogP contribution in [0.5, 0.6) is 5.75 Å². The molecule has 0 aliphatic rings. The van der Waals surface area contributed by atoms with Crippen molar-refractivity contribution in [3.8, 4) is 5.75 Å². The Kier molecular flexibility index (Phi) is 2.98. The summed E-state index contributed by atoms with van der Waals surface area (Å²) < 4.78 is 9.73. The molecule has 0 fully saturated rings. The number of methoxy groups -OCH3 is 1. The standard InChI is InChI=1S/C15H11NO5/c1-20-15(19)16-8-2-4-11-10-5-3-9(17)7-12(10)14(18)21-13(11)6-8/h2-7,17H,1H3,(H,16,19). The van der Waals surface area contributed by atoms with Crippen molar-refractivity contribution in [2.24, 2.45) is 0 Å². The number of rotatable bonds is 1. The number of hydrogen-bond donors (Lipinski definition) is 2. The number of fused-ring (bicyclic) bond motifs is 3. The maximum atomic E-state index is 11.9. The Labute approximate surface area is 118 Å². The maximum absolute atomic E-state index is 11.9. The van der Waals surface area contributed by atoms with Crippen molar-refractivity contribution >= 4 is 33.5 Å². The van der Waals surface area contributed by atoms with Crippen molar-refractivity contribution in [2.45, 2.75) is 0 Å². The summed E-state index contributed by atoms with van der Waals surface area (Å²) in [5.41, 5.74) is 0.242. The molecule has 1 aromatic heterocycles. The summed E-state index contributed by atoms with van der Waals surface area (Å²) in [5, 5.41) is 13.6. The summed E-state index contributed by atoms with van der Waals surface area (Å²) in [5.74, 6) is -0.00173. The molecule has 1 amide bonds. The van der Waals surface area contributed by atoms with Gasteiger partial charge in [-0.15, -0.1) is 0 Å². The lowest BCUT2D eigenvalue weighted by molar-refractivity contribution is 0.187. The topological polar surface area (TPSA) is 88.8 Å². The number of carbonyl (C=O) groups is 1. The molecule has 106 valence electrons. The zero-order chi connectivity index (χ0) is 15.0. The molecule has 6 heteroatoms. The normalized spacial score (nSPS) is 10.7. The first-order chi connectivity index (χ1) is 10.1. The second kappa shape index (κ2) is 4.82. The van der Waals surface area contributed by atoms with Crippen molar-refractivity contribution in [2.75, 3.05) is 12.4 Å². The average Bonchev–Trinajstić information content (AvgIpc) is 2.47. The van der Waals surface area contributed by atoms with Gasteiger partial charge in [0.25, 0.3) is 0 Å². The van der Waals surface area contributed by atoms with Gasteiger partial charge < -0.3 is 14.3 Å². The fourth-order valence-electron chi connectivity index (χ4n) is 2.17. The van der Waals surface area contributed by atoms with Crippen LogP contribution in [-0.4, -0.2) is 18.3 Å². The molecule has 3 aromatic rings. The summed E-state index contributed by atoms with van der Waals surface area (Å²) in [6.45, 7) is 0. The lowest BCUT2D eigenvalue weighted by Gasteiger charge is -2.06.